The van der Waals surface area contributed by atoms with E-state index in [4.69, 9.17) is 4.74 Å². The second-order valence-corrected chi connectivity index (χ2v) is 4.02. The third-order valence-electron chi connectivity index (χ3n) is 2.71. The van der Waals surface area contributed by atoms with Gasteiger partial charge in [-0.05, 0) is 24.5 Å². The fourth-order valence-corrected chi connectivity index (χ4v) is 1.80. The molecule has 1 aliphatic rings. The van der Waals surface area contributed by atoms with Crippen molar-refractivity contribution in [2.75, 3.05) is 11.9 Å². The summed E-state index contributed by atoms with van der Waals surface area (Å²) in [5.41, 5.74) is 1.99. The zero-order valence-corrected chi connectivity index (χ0v) is 9.57. The van der Waals surface area contributed by atoms with E-state index in [1.54, 1.807) is 0 Å². The van der Waals surface area contributed by atoms with Crippen LogP contribution in [0.1, 0.15) is 24.8 Å². The number of ether oxygens (including phenoxy) is 1. The quantitative estimate of drug-likeness (QED) is 0.624. The summed E-state index contributed by atoms with van der Waals surface area (Å²) in [5, 5.41) is 2.83. The van der Waals surface area contributed by atoms with Gasteiger partial charge in [-0.1, -0.05) is 6.07 Å². The Bertz CT molecular complexity index is 429. The van der Waals surface area contributed by atoms with Gasteiger partial charge in [-0.3, -0.25) is 4.79 Å². The van der Waals surface area contributed by atoms with Crippen molar-refractivity contribution < 1.29 is 14.3 Å². The molecule has 0 unspecified atom stereocenters. The van der Waals surface area contributed by atoms with Gasteiger partial charge in [0.1, 0.15) is 12.0 Å². The number of hydrogen-bond acceptors (Lipinski definition) is 3. The van der Waals surface area contributed by atoms with E-state index < -0.39 is 0 Å². The Morgan fingerprint density at radius 1 is 1.35 bits per heavy atom. The van der Waals surface area contributed by atoms with Crippen LogP contribution < -0.4 is 10.1 Å². The third-order valence-corrected chi connectivity index (χ3v) is 2.71. The maximum Gasteiger partial charge on any atom is 0.224 e. The molecular formula is C13H15NO3. The molecule has 0 spiro atoms. The van der Waals surface area contributed by atoms with Gasteiger partial charge in [0.05, 0.1) is 6.61 Å². The monoisotopic (exact) mass is 233 g/mol. The molecule has 0 bridgehead atoms. The minimum absolute atomic E-state index is 0.0515. The molecule has 90 valence electrons. The predicted octanol–water partition coefficient (Wildman–Crippen LogP) is 1.93. The van der Waals surface area contributed by atoms with Crippen LogP contribution in [0.2, 0.25) is 0 Å². The molecule has 1 N–H and O–H groups in total. The van der Waals surface area contributed by atoms with E-state index in [1.807, 2.05) is 18.2 Å². The fourth-order valence-electron chi connectivity index (χ4n) is 1.80. The van der Waals surface area contributed by atoms with Crippen molar-refractivity contribution in [3.8, 4) is 5.75 Å². The Kier molecular flexibility index (Phi) is 3.75. The first-order valence-electron chi connectivity index (χ1n) is 5.79. The number of benzene rings is 1. The lowest BCUT2D eigenvalue weighted by Crippen LogP contribution is -2.18. The molecule has 0 saturated heterocycles. The fraction of sp³-hybridized carbons (Fsp3) is 0.385. The standard InChI is InChI=1S/C13H15NO3/c15-7-1-2-8-17-11-5-3-10-4-6-13(16)14-12(10)9-11/h3,5,7,9H,1-2,4,6,8H2,(H,14,16). The van der Waals surface area contributed by atoms with Crippen LogP contribution in [-0.2, 0) is 16.0 Å². The Balaban J connectivity index is 1.98. The summed E-state index contributed by atoms with van der Waals surface area (Å²) in [6, 6.07) is 5.72. The van der Waals surface area contributed by atoms with Crippen molar-refractivity contribution in [2.24, 2.45) is 0 Å². The normalized spacial score (nSPS) is 13.8. The van der Waals surface area contributed by atoms with E-state index in [9.17, 15) is 9.59 Å². The van der Waals surface area contributed by atoms with Crippen LogP contribution in [0.15, 0.2) is 18.2 Å². The number of anilines is 1. The van der Waals surface area contributed by atoms with Gasteiger partial charge >= 0.3 is 0 Å². The topological polar surface area (TPSA) is 55.4 Å². The van der Waals surface area contributed by atoms with Gasteiger partial charge in [0.25, 0.3) is 0 Å². The highest BCUT2D eigenvalue weighted by atomic mass is 16.5. The molecule has 17 heavy (non-hydrogen) atoms. The van der Waals surface area contributed by atoms with Crippen molar-refractivity contribution in [2.45, 2.75) is 25.7 Å². The molecule has 1 aromatic rings. The maximum absolute atomic E-state index is 11.2. The Morgan fingerprint density at radius 2 is 2.24 bits per heavy atom. The van der Waals surface area contributed by atoms with Gasteiger partial charge in [0.15, 0.2) is 0 Å². The molecule has 1 aliphatic heterocycles. The number of fused-ring (bicyclic) bond motifs is 1. The summed E-state index contributed by atoms with van der Waals surface area (Å²) in [5.74, 6) is 0.785. The molecule has 0 fully saturated rings. The Morgan fingerprint density at radius 3 is 3.06 bits per heavy atom. The predicted molar refractivity (Wildman–Crippen MR) is 64.2 cm³/mol. The van der Waals surface area contributed by atoms with Gasteiger partial charge in [-0.25, -0.2) is 0 Å². The highest BCUT2D eigenvalue weighted by Crippen LogP contribution is 2.27. The first kappa shape index (κ1) is 11.6. The van der Waals surface area contributed by atoms with Crippen LogP contribution in [0.3, 0.4) is 0 Å². The maximum atomic E-state index is 11.2. The van der Waals surface area contributed by atoms with Gasteiger partial charge in [0.2, 0.25) is 5.91 Å². The van der Waals surface area contributed by atoms with E-state index in [0.717, 1.165) is 29.7 Å². The summed E-state index contributed by atoms with van der Waals surface area (Å²) < 4.78 is 5.50. The first-order valence-corrected chi connectivity index (χ1v) is 5.79. The lowest BCUT2D eigenvalue weighted by atomic mass is 10.0. The van der Waals surface area contributed by atoms with E-state index in [2.05, 4.69) is 5.32 Å². The molecular weight excluding hydrogens is 218 g/mol. The number of aryl methyl sites for hydroxylation is 1. The number of rotatable bonds is 5. The Labute approximate surface area is 100.0 Å². The highest BCUT2D eigenvalue weighted by Gasteiger charge is 2.14. The summed E-state index contributed by atoms with van der Waals surface area (Å²) in [7, 11) is 0. The number of unbranched alkanes of at least 4 members (excludes halogenated alkanes) is 1. The summed E-state index contributed by atoms with van der Waals surface area (Å²) in [4.78, 5) is 21.4. The van der Waals surface area contributed by atoms with Crippen LogP contribution in [0.5, 0.6) is 5.75 Å². The third kappa shape index (κ3) is 3.06. The number of carbonyl (C=O) groups is 2. The number of hydrogen-bond donors (Lipinski definition) is 1. The number of amides is 1. The molecule has 1 heterocycles. The van der Waals surface area contributed by atoms with Crippen molar-refractivity contribution in [3.05, 3.63) is 23.8 Å². The largest absolute Gasteiger partial charge is 0.494 e. The van der Waals surface area contributed by atoms with Crippen LogP contribution in [0.4, 0.5) is 5.69 Å². The molecule has 0 aromatic heterocycles. The van der Waals surface area contributed by atoms with Crippen LogP contribution in [0, 0.1) is 0 Å². The minimum Gasteiger partial charge on any atom is -0.494 e. The number of carbonyl (C=O) groups excluding carboxylic acids is 2. The van der Waals surface area contributed by atoms with Gasteiger partial charge < -0.3 is 14.8 Å². The lowest BCUT2D eigenvalue weighted by molar-refractivity contribution is -0.116. The minimum atomic E-state index is 0.0515. The molecule has 0 atom stereocenters. The summed E-state index contributed by atoms with van der Waals surface area (Å²) >= 11 is 0. The molecule has 0 radical (unpaired) electrons. The molecule has 0 saturated carbocycles. The van der Waals surface area contributed by atoms with Crippen molar-refractivity contribution >= 4 is 17.9 Å². The van der Waals surface area contributed by atoms with E-state index in [-0.39, 0.29) is 5.91 Å². The number of nitrogens with one attached hydrogen (secondary N) is 1. The lowest BCUT2D eigenvalue weighted by Gasteiger charge is -2.17. The summed E-state index contributed by atoms with van der Waals surface area (Å²) in [6.45, 7) is 0.519. The van der Waals surface area contributed by atoms with Crippen LogP contribution in [0.25, 0.3) is 0 Å². The smallest absolute Gasteiger partial charge is 0.224 e. The van der Waals surface area contributed by atoms with Crippen molar-refractivity contribution in [1.29, 1.82) is 0 Å². The first-order chi connectivity index (χ1) is 8.29. The van der Waals surface area contributed by atoms with Crippen LogP contribution >= 0.6 is 0 Å². The number of aldehydes is 1. The van der Waals surface area contributed by atoms with Crippen molar-refractivity contribution in [3.63, 3.8) is 0 Å². The van der Waals surface area contributed by atoms with Gasteiger partial charge in [-0.2, -0.15) is 0 Å². The second kappa shape index (κ2) is 5.48. The zero-order valence-electron chi connectivity index (χ0n) is 9.57. The Hall–Kier alpha value is -1.84. The highest BCUT2D eigenvalue weighted by molar-refractivity contribution is 5.94. The average Bonchev–Trinajstić information content (AvgIpc) is 2.34. The van der Waals surface area contributed by atoms with E-state index >= 15 is 0 Å². The van der Waals surface area contributed by atoms with E-state index in [0.29, 0.717) is 25.9 Å². The zero-order chi connectivity index (χ0) is 12.1. The average molecular weight is 233 g/mol. The molecule has 0 aliphatic carbocycles. The van der Waals surface area contributed by atoms with Crippen LogP contribution in [-0.4, -0.2) is 18.8 Å². The molecule has 1 amide bonds. The molecule has 4 heteroatoms. The van der Waals surface area contributed by atoms with E-state index in [1.165, 1.54) is 0 Å². The molecule has 1 aromatic carbocycles. The molecule has 4 nitrogen and oxygen atoms in total. The van der Waals surface area contributed by atoms with Gasteiger partial charge in [-0.15, -0.1) is 0 Å². The SMILES string of the molecule is O=CCCCOc1ccc2c(c1)NC(=O)CC2. The molecule has 2 rings (SSSR count). The summed E-state index contributed by atoms with van der Waals surface area (Å²) in [6.07, 6.45) is 3.45. The van der Waals surface area contributed by atoms with Crippen molar-refractivity contribution in [1.82, 2.24) is 0 Å². The second-order valence-electron chi connectivity index (χ2n) is 4.02. The van der Waals surface area contributed by atoms with Gasteiger partial charge in [0, 0.05) is 24.6 Å².